The lowest BCUT2D eigenvalue weighted by Crippen LogP contribution is -2.49. The highest BCUT2D eigenvalue weighted by molar-refractivity contribution is 6.31. The number of hydrogen-bond donors (Lipinski definition) is 1. The van der Waals surface area contributed by atoms with E-state index in [1.165, 1.54) is 0 Å². The first kappa shape index (κ1) is 13.9. The van der Waals surface area contributed by atoms with Crippen molar-refractivity contribution < 1.29 is 9.53 Å². The SMILES string of the molecule is O=C([C@@H]1CNCCO1)N1CCC[C@H]1c1ccccc1Cl. The van der Waals surface area contributed by atoms with Crippen molar-refractivity contribution in [1.29, 1.82) is 0 Å². The minimum atomic E-state index is -0.355. The molecule has 1 amide bonds. The number of carbonyl (C=O) groups excluding carboxylic acids is 1. The summed E-state index contributed by atoms with van der Waals surface area (Å²) in [6.45, 7) is 2.80. The maximum absolute atomic E-state index is 12.6. The van der Waals surface area contributed by atoms with Gasteiger partial charge in [0.1, 0.15) is 6.10 Å². The molecule has 1 N–H and O–H groups in total. The zero-order chi connectivity index (χ0) is 13.9. The molecule has 4 nitrogen and oxygen atoms in total. The van der Waals surface area contributed by atoms with Gasteiger partial charge in [-0.05, 0) is 24.5 Å². The van der Waals surface area contributed by atoms with Gasteiger partial charge in [-0.3, -0.25) is 4.79 Å². The number of nitrogens with one attached hydrogen (secondary N) is 1. The van der Waals surface area contributed by atoms with Gasteiger partial charge < -0.3 is 15.0 Å². The predicted molar refractivity (Wildman–Crippen MR) is 77.7 cm³/mol. The molecule has 1 aromatic carbocycles. The van der Waals surface area contributed by atoms with E-state index in [4.69, 9.17) is 16.3 Å². The van der Waals surface area contributed by atoms with Crippen molar-refractivity contribution in [3.05, 3.63) is 34.9 Å². The normalized spacial score (nSPS) is 26.8. The van der Waals surface area contributed by atoms with Crippen molar-refractivity contribution in [2.45, 2.75) is 25.0 Å². The Labute approximate surface area is 124 Å². The van der Waals surface area contributed by atoms with E-state index >= 15 is 0 Å². The highest BCUT2D eigenvalue weighted by atomic mass is 35.5. The maximum atomic E-state index is 12.6. The average Bonchev–Trinajstić information content (AvgIpc) is 2.97. The second-order valence-electron chi connectivity index (χ2n) is 5.27. The Kier molecular flexibility index (Phi) is 4.24. The number of benzene rings is 1. The Balaban J connectivity index is 1.78. The van der Waals surface area contributed by atoms with E-state index in [0.717, 1.165) is 36.5 Å². The third kappa shape index (κ3) is 2.68. The molecule has 0 spiro atoms. The first-order valence-corrected chi connectivity index (χ1v) is 7.52. The molecule has 2 atom stereocenters. The molecule has 0 radical (unpaired) electrons. The van der Waals surface area contributed by atoms with Gasteiger partial charge in [0.2, 0.25) is 0 Å². The molecule has 5 heteroatoms. The fraction of sp³-hybridized carbons (Fsp3) is 0.533. The van der Waals surface area contributed by atoms with Crippen molar-refractivity contribution in [3.63, 3.8) is 0 Å². The molecule has 108 valence electrons. The smallest absolute Gasteiger partial charge is 0.253 e. The predicted octanol–water partition coefficient (Wildman–Crippen LogP) is 1.99. The molecule has 2 aliphatic rings. The van der Waals surface area contributed by atoms with Crippen LogP contribution in [0.15, 0.2) is 24.3 Å². The molecular formula is C15H19ClN2O2. The molecule has 2 fully saturated rings. The molecule has 0 aromatic heterocycles. The Morgan fingerprint density at radius 2 is 2.25 bits per heavy atom. The monoisotopic (exact) mass is 294 g/mol. The van der Waals surface area contributed by atoms with Crippen LogP contribution in [0.1, 0.15) is 24.4 Å². The third-order valence-corrected chi connectivity index (χ3v) is 4.35. The van der Waals surface area contributed by atoms with Crippen LogP contribution >= 0.6 is 11.6 Å². The van der Waals surface area contributed by atoms with Crippen LogP contribution in [0.25, 0.3) is 0 Å². The maximum Gasteiger partial charge on any atom is 0.253 e. The summed E-state index contributed by atoms with van der Waals surface area (Å²) in [5, 5.41) is 3.94. The van der Waals surface area contributed by atoms with Crippen LogP contribution in [-0.2, 0) is 9.53 Å². The third-order valence-electron chi connectivity index (χ3n) is 4.00. The molecule has 0 bridgehead atoms. The molecule has 20 heavy (non-hydrogen) atoms. The fourth-order valence-corrected chi connectivity index (χ4v) is 3.27. The summed E-state index contributed by atoms with van der Waals surface area (Å²) in [7, 11) is 0. The van der Waals surface area contributed by atoms with Crippen molar-refractivity contribution in [3.8, 4) is 0 Å². The van der Waals surface area contributed by atoms with E-state index in [0.29, 0.717) is 13.2 Å². The minimum absolute atomic E-state index is 0.0830. The van der Waals surface area contributed by atoms with Crippen LogP contribution in [0.4, 0.5) is 0 Å². The molecule has 2 aliphatic heterocycles. The van der Waals surface area contributed by atoms with Gasteiger partial charge in [0, 0.05) is 24.7 Å². The van der Waals surface area contributed by atoms with Gasteiger partial charge in [0.05, 0.1) is 12.6 Å². The van der Waals surface area contributed by atoms with Gasteiger partial charge in [0.15, 0.2) is 0 Å². The number of carbonyl (C=O) groups is 1. The molecule has 1 aromatic rings. The molecular weight excluding hydrogens is 276 g/mol. The Morgan fingerprint density at radius 3 is 3.00 bits per heavy atom. The van der Waals surface area contributed by atoms with Crippen LogP contribution in [0.5, 0.6) is 0 Å². The largest absolute Gasteiger partial charge is 0.366 e. The second kappa shape index (κ2) is 6.12. The van der Waals surface area contributed by atoms with Gasteiger partial charge in [-0.25, -0.2) is 0 Å². The van der Waals surface area contributed by atoms with Gasteiger partial charge in [-0.15, -0.1) is 0 Å². The first-order chi connectivity index (χ1) is 9.77. The zero-order valence-corrected chi connectivity index (χ0v) is 12.1. The van der Waals surface area contributed by atoms with E-state index in [1.807, 2.05) is 29.2 Å². The summed E-state index contributed by atoms with van der Waals surface area (Å²) in [5.41, 5.74) is 1.05. The Bertz CT molecular complexity index is 489. The summed E-state index contributed by atoms with van der Waals surface area (Å²) >= 11 is 6.28. The Hall–Kier alpha value is -1.10. The lowest BCUT2D eigenvalue weighted by molar-refractivity contribution is -0.146. The summed E-state index contributed by atoms with van der Waals surface area (Å²) in [4.78, 5) is 14.5. The van der Waals surface area contributed by atoms with Crippen LogP contribution in [-0.4, -0.2) is 43.2 Å². The number of ether oxygens (including phenoxy) is 1. The van der Waals surface area contributed by atoms with Gasteiger partial charge in [-0.2, -0.15) is 0 Å². The molecule has 0 saturated carbocycles. The summed E-state index contributed by atoms with van der Waals surface area (Å²) in [6.07, 6.45) is 1.63. The first-order valence-electron chi connectivity index (χ1n) is 7.14. The molecule has 3 rings (SSSR count). The minimum Gasteiger partial charge on any atom is -0.366 e. The van der Waals surface area contributed by atoms with Gasteiger partial charge in [-0.1, -0.05) is 29.8 Å². The van der Waals surface area contributed by atoms with Crippen LogP contribution in [0, 0.1) is 0 Å². The van der Waals surface area contributed by atoms with E-state index in [2.05, 4.69) is 5.32 Å². The van der Waals surface area contributed by atoms with Crippen molar-refractivity contribution in [2.24, 2.45) is 0 Å². The van der Waals surface area contributed by atoms with Gasteiger partial charge >= 0.3 is 0 Å². The number of rotatable bonds is 2. The lowest BCUT2D eigenvalue weighted by Gasteiger charge is -2.31. The fourth-order valence-electron chi connectivity index (χ4n) is 3.01. The lowest BCUT2D eigenvalue weighted by atomic mass is 10.0. The standard InChI is InChI=1S/C15H19ClN2O2/c16-12-5-2-1-4-11(12)13-6-3-8-18(13)15(19)14-10-17-7-9-20-14/h1-2,4-5,13-14,17H,3,6-10H2/t13-,14-/m0/s1. The number of morpholine rings is 1. The quantitative estimate of drug-likeness (QED) is 0.907. The molecule has 0 unspecified atom stereocenters. The highest BCUT2D eigenvalue weighted by Crippen LogP contribution is 2.36. The van der Waals surface area contributed by atoms with E-state index < -0.39 is 0 Å². The summed E-state index contributed by atoms with van der Waals surface area (Å²) in [5.74, 6) is 0.0830. The second-order valence-corrected chi connectivity index (χ2v) is 5.68. The van der Waals surface area contributed by atoms with Crippen LogP contribution in [0.2, 0.25) is 5.02 Å². The molecule has 0 aliphatic carbocycles. The van der Waals surface area contributed by atoms with E-state index in [9.17, 15) is 4.79 Å². The number of likely N-dealkylation sites (tertiary alicyclic amines) is 1. The van der Waals surface area contributed by atoms with Crippen LogP contribution < -0.4 is 5.32 Å². The summed E-state index contributed by atoms with van der Waals surface area (Å²) in [6, 6.07) is 7.87. The number of nitrogens with zero attached hydrogens (tertiary/aromatic N) is 1. The van der Waals surface area contributed by atoms with Crippen LogP contribution in [0.3, 0.4) is 0 Å². The molecule has 2 saturated heterocycles. The van der Waals surface area contributed by atoms with E-state index in [1.54, 1.807) is 0 Å². The summed E-state index contributed by atoms with van der Waals surface area (Å²) < 4.78 is 5.58. The van der Waals surface area contributed by atoms with Crippen molar-refractivity contribution in [2.75, 3.05) is 26.2 Å². The molecule has 2 heterocycles. The number of halogens is 1. The topological polar surface area (TPSA) is 41.6 Å². The highest BCUT2D eigenvalue weighted by Gasteiger charge is 2.35. The van der Waals surface area contributed by atoms with Crippen molar-refractivity contribution >= 4 is 17.5 Å². The Morgan fingerprint density at radius 1 is 1.40 bits per heavy atom. The average molecular weight is 295 g/mol. The van der Waals surface area contributed by atoms with Crippen molar-refractivity contribution in [1.82, 2.24) is 10.2 Å². The number of hydrogen-bond acceptors (Lipinski definition) is 3. The zero-order valence-electron chi connectivity index (χ0n) is 11.3. The van der Waals surface area contributed by atoms with E-state index in [-0.39, 0.29) is 18.1 Å². The number of amides is 1. The van der Waals surface area contributed by atoms with Gasteiger partial charge in [0.25, 0.3) is 5.91 Å².